The molecule has 2 aliphatic heterocycles. The van der Waals surface area contributed by atoms with E-state index >= 15 is 0 Å². The molecule has 0 amide bonds. The van der Waals surface area contributed by atoms with E-state index in [9.17, 15) is 9.90 Å². The van der Waals surface area contributed by atoms with Crippen LogP contribution in [0.15, 0.2) is 41.8 Å². The summed E-state index contributed by atoms with van der Waals surface area (Å²) in [7, 11) is 0. The van der Waals surface area contributed by atoms with Crippen molar-refractivity contribution < 1.29 is 9.90 Å². The van der Waals surface area contributed by atoms with Gasteiger partial charge in [0.15, 0.2) is 0 Å². The van der Waals surface area contributed by atoms with Gasteiger partial charge in [-0.1, -0.05) is 24.3 Å². The summed E-state index contributed by atoms with van der Waals surface area (Å²) < 4.78 is 0. The van der Waals surface area contributed by atoms with Crippen LogP contribution in [0.25, 0.3) is 0 Å². The summed E-state index contributed by atoms with van der Waals surface area (Å²) in [6.45, 7) is 0. The van der Waals surface area contributed by atoms with Crippen molar-refractivity contribution in [2.75, 3.05) is 5.32 Å². The molecule has 1 aromatic carbocycles. The maximum Gasteiger partial charge on any atom is 0.320 e. The highest BCUT2D eigenvalue weighted by atomic mass is 32.1. The number of aliphatic carboxylic acids is 1. The Bertz CT molecular complexity index is 663. The van der Waals surface area contributed by atoms with Crippen LogP contribution in [0.4, 0.5) is 5.69 Å². The minimum atomic E-state index is -0.764. The number of anilines is 1. The average Bonchev–Trinajstić information content (AvgIpc) is 3.13. The molecule has 1 fully saturated rings. The largest absolute Gasteiger partial charge is 0.480 e. The Morgan fingerprint density at radius 2 is 2.10 bits per heavy atom. The molecular formula is C16H16N2O2S. The molecule has 4 atom stereocenters. The molecule has 21 heavy (non-hydrogen) atoms. The van der Waals surface area contributed by atoms with Crippen LogP contribution in [0.3, 0.4) is 0 Å². The van der Waals surface area contributed by atoms with Crippen LogP contribution in [0, 0.1) is 0 Å². The zero-order chi connectivity index (χ0) is 14.4. The summed E-state index contributed by atoms with van der Waals surface area (Å²) >= 11 is 1.68. The molecule has 5 heteroatoms. The Kier molecular flexibility index (Phi) is 2.97. The van der Waals surface area contributed by atoms with Crippen molar-refractivity contribution in [2.45, 2.75) is 30.5 Å². The second kappa shape index (κ2) is 4.86. The van der Waals surface area contributed by atoms with Gasteiger partial charge in [0.05, 0.1) is 12.1 Å². The van der Waals surface area contributed by atoms with Crippen LogP contribution >= 0.6 is 11.3 Å². The van der Waals surface area contributed by atoms with Gasteiger partial charge in [-0.25, -0.2) is 0 Å². The lowest BCUT2D eigenvalue weighted by Crippen LogP contribution is -2.51. The van der Waals surface area contributed by atoms with Gasteiger partial charge in [0.1, 0.15) is 6.04 Å². The first-order valence-electron chi connectivity index (χ1n) is 7.12. The molecule has 4 nitrogen and oxygen atoms in total. The molecule has 0 spiro atoms. The summed E-state index contributed by atoms with van der Waals surface area (Å²) in [5, 5.41) is 18.4. The third-order valence-electron chi connectivity index (χ3n) is 4.49. The zero-order valence-corrected chi connectivity index (χ0v) is 12.1. The molecule has 0 bridgehead atoms. The van der Waals surface area contributed by atoms with Crippen molar-refractivity contribution in [3.63, 3.8) is 0 Å². The van der Waals surface area contributed by atoms with Gasteiger partial charge < -0.3 is 10.4 Å². The Balaban J connectivity index is 1.75. The number of piperidine rings is 1. The number of carboxylic acid groups (broad SMARTS) is 1. The minimum Gasteiger partial charge on any atom is -0.480 e. The maximum atomic E-state index is 11.5. The molecule has 2 aliphatic rings. The Morgan fingerprint density at radius 1 is 1.24 bits per heavy atom. The number of carbonyl (C=O) groups is 1. The van der Waals surface area contributed by atoms with Gasteiger partial charge >= 0.3 is 5.97 Å². The Labute approximate surface area is 126 Å². The van der Waals surface area contributed by atoms with E-state index in [2.05, 4.69) is 28.8 Å². The van der Waals surface area contributed by atoms with E-state index in [0.29, 0.717) is 6.42 Å². The average molecular weight is 300 g/mol. The third kappa shape index (κ3) is 2.04. The Hall–Kier alpha value is -1.85. The number of carboxylic acids is 1. The van der Waals surface area contributed by atoms with E-state index < -0.39 is 12.0 Å². The number of para-hydroxylation sites is 1. The molecule has 0 aliphatic carbocycles. The first kappa shape index (κ1) is 12.9. The van der Waals surface area contributed by atoms with Crippen LogP contribution < -0.4 is 10.6 Å². The van der Waals surface area contributed by atoms with Gasteiger partial charge in [-0.05, 0) is 29.5 Å². The van der Waals surface area contributed by atoms with Crippen molar-refractivity contribution in [1.82, 2.24) is 5.32 Å². The lowest BCUT2D eigenvalue weighted by molar-refractivity contribution is -0.140. The third-order valence-corrected chi connectivity index (χ3v) is 5.45. The zero-order valence-electron chi connectivity index (χ0n) is 11.3. The highest BCUT2D eigenvalue weighted by molar-refractivity contribution is 7.10. The number of fused-ring (bicyclic) bond motifs is 3. The number of rotatable bonds is 2. The molecule has 0 saturated carbocycles. The van der Waals surface area contributed by atoms with Crippen molar-refractivity contribution >= 4 is 23.0 Å². The van der Waals surface area contributed by atoms with E-state index in [-0.39, 0.29) is 18.0 Å². The summed E-state index contributed by atoms with van der Waals surface area (Å²) in [4.78, 5) is 12.7. The fourth-order valence-electron chi connectivity index (χ4n) is 3.56. The molecule has 1 aromatic heterocycles. The van der Waals surface area contributed by atoms with E-state index in [1.54, 1.807) is 11.3 Å². The number of hydrogen-bond donors (Lipinski definition) is 3. The molecule has 3 heterocycles. The molecule has 0 unspecified atom stereocenters. The first-order chi connectivity index (χ1) is 10.2. The van der Waals surface area contributed by atoms with E-state index in [1.165, 1.54) is 10.4 Å². The van der Waals surface area contributed by atoms with Crippen molar-refractivity contribution in [1.29, 1.82) is 0 Å². The number of benzene rings is 1. The van der Waals surface area contributed by atoms with Crippen molar-refractivity contribution in [3.8, 4) is 0 Å². The van der Waals surface area contributed by atoms with Gasteiger partial charge in [-0.3, -0.25) is 10.1 Å². The highest BCUT2D eigenvalue weighted by Gasteiger charge is 2.45. The summed E-state index contributed by atoms with van der Waals surface area (Å²) in [5.74, 6) is -0.518. The molecule has 2 aromatic rings. The predicted octanol–water partition coefficient (Wildman–Crippen LogP) is 2.81. The fourth-order valence-corrected chi connectivity index (χ4v) is 4.39. The summed E-state index contributed by atoms with van der Waals surface area (Å²) in [6, 6.07) is 12.1. The number of hydrogen-bond acceptors (Lipinski definition) is 4. The summed E-state index contributed by atoms with van der Waals surface area (Å²) in [5.41, 5.74) is 2.39. The maximum absolute atomic E-state index is 11.5. The quantitative estimate of drug-likeness (QED) is 0.798. The van der Waals surface area contributed by atoms with Gasteiger partial charge in [-0.15, -0.1) is 11.3 Å². The van der Waals surface area contributed by atoms with E-state index in [4.69, 9.17) is 0 Å². The molecule has 4 rings (SSSR count). The fraction of sp³-hybridized carbons (Fsp3) is 0.312. The normalized spacial score (nSPS) is 30.3. The molecular weight excluding hydrogens is 284 g/mol. The number of nitrogens with one attached hydrogen (secondary N) is 2. The lowest BCUT2D eigenvalue weighted by atomic mass is 9.81. The lowest BCUT2D eigenvalue weighted by Gasteiger charge is -2.38. The first-order valence-corrected chi connectivity index (χ1v) is 8.00. The smallest absolute Gasteiger partial charge is 0.320 e. The van der Waals surface area contributed by atoms with Gasteiger partial charge in [0.25, 0.3) is 0 Å². The highest BCUT2D eigenvalue weighted by Crippen LogP contribution is 2.46. The molecule has 1 saturated heterocycles. The molecule has 108 valence electrons. The SMILES string of the molecule is O=C(O)[C@@H]1C[C@@H]2c3ccccc3N[C@@H]2[C@H](c2cccs2)N1. The van der Waals surface area contributed by atoms with Crippen LogP contribution in [0.2, 0.25) is 0 Å². The monoisotopic (exact) mass is 300 g/mol. The van der Waals surface area contributed by atoms with Crippen molar-refractivity contribution in [3.05, 3.63) is 52.2 Å². The van der Waals surface area contributed by atoms with Crippen LogP contribution in [0.1, 0.15) is 28.8 Å². The predicted molar refractivity (Wildman–Crippen MR) is 82.8 cm³/mol. The molecule has 3 N–H and O–H groups in total. The Morgan fingerprint density at radius 3 is 2.86 bits per heavy atom. The second-order valence-electron chi connectivity index (χ2n) is 5.65. The van der Waals surface area contributed by atoms with Crippen LogP contribution in [0.5, 0.6) is 0 Å². The van der Waals surface area contributed by atoms with Gasteiger partial charge in [0, 0.05) is 16.5 Å². The topological polar surface area (TPSA) is 61.4 Å². The second-order valence-corrected chi connectivity index (χ2v) is 6.63. The molecule has 0 radical (unpaired) electrons. The van der Waals surface area contributed by atoms with Crippen LogP contribution in [-0.2, 0) is 4.79 Å². The van der Waals surface area contributed by atoms with Gasteiger partial charge in [-0.2, -0.15) is 0 Å². The minimum absolute atomic E-state index is 0.0391. The number of thiophene rings is 1. The van der Waals surface area contributed by atoms with Crippen LogP contribution in [-0.4, -0.2) is 23.2 Å². The summed E-state index contributed by atoms with van der Waals surface area (Å²) in [6.07, 6.45) is 0.631. The van der Waals surface area contributed by atoms with E-state index in [1.807, 2.05) is 23.6 Å². The van der Waals surface area contributed by atoms with Crippen molar-refractivity contribution in [2.24, 2.45) is 0 Å². The van der Waals surface area contributed by atoms with E-state index in [0.717, 1.165) is 5.69 Å². The standard InChI is InChI=1S/C16H16N2O2S/c19-16(20)12-8-10-9-4-1-2-5-11(9)17-14(10)15(18-12)13-6-3-7-21-13/h1-7,10,12,14-15,17-18H,8H2,(H,19,20)/t10-,12+,14+,15+/m1/s1. The van der Waals surface area contributed by atoms with Gasteiger partial charge in [0.2, 0.25) is 0 Å².